The van der Waals surface area contributed by atoms with Crippen LogP contribution in [-0.4, -0.2) is 50.0 Å². The van der Waals surface area contributed by atoms with Gasteiger partial charge in [-0.1, -0.05) is 60.8 Å². The molecular weight excluding hydrogens is 474 g/mol. The topological polar surface area (TPSA) is 86.8 Å². The van der Waals surface area contributed by atoms with E-state index in [1.165, 1.54) is 4.90 Å². The van der Waals surface area contributed by atoms with Gasteiger partial charge in [0.15, 0.2) is 0 Å². The van der Waals surface area contributed by atoms with E-state index in [2.05, 4.69) is 5.32 Å². The molecule has 0 bridgehead atoms. The van der Waals surface area contributed by atoms with Crippen LogP contribution in [0.1, 0.15) is 43.7 Å². The molecule has 0 aromatic heterocycles. The van der Waals surface area contributed by atoms with Gasteiger partial charge in [-0.3, -0.25) is 13.9 Å². The molecule has 1 N–H and O–H groups in total. The SMILES string of the molecule is Cc1c(Cl)cccc1N(CC(=O)N(Cc1ccccc1)[C@H](C)C(=O)NC1CCCC1)S(C)(=O)=O. The van der Waals surface area contributed by atoms with Gasteiger partial charge < -0.3 is 10.2 Å². The summed E-state index contributed by atoms with van der Waals surface area (Å²) < 4.78 is 26.4. The number of sulfonamides is 1. The molecule has 2 aromatic carbocycles. The second kappa shape index (κ2) is 11.2. The number of nitrogens with one attached hydrogen (secondary N) is 1. The minimum atomic E-state index is -3.80. The summed E-state index contributed by atoms with van der Waals surface area (Å²) in [6.07, 6.45) is 5.07. The van der Waals surface area contributed by atoms with Crippen molar-refractivity contribution in [3.05, 3.63) is 64.7 Å². The van der Waals surface area contributed by atoms with Crippen molar-refractivity contribution in [1.29, 1.82) is 0 Å². The number of carbonyl (C=O) groups excluding carboxylic acids is 2. The van der Waals surface area contributed by atoms with E-state index in [0.29, 0.717) is 16.3 Å². The van der Waals surface area contributed by atoms with Crippen molar-refractivity contribution < 1.29 is 18.0 Å². The molecular formula is C25H32ClN3O4S. The van der Waals surface area contributed by atoms with Gasteiger partial charge in [-0.2, -0.15) is 0 Å². The molecule has 7 nitrogen and oxygen atoms in total. The van der Waals surface area contributed by atoms with Gasteiger partial charge in [0.25, 0.3) is 0 Å². The highest BCUT2D eigenvalue weighted by molar-refractivity contribution is 7.92. The highest BCUT2D eigenvalue weighted by Gasteiger charge is 2.31. The lowest BCUT2D eigenvalue weighted by Gasteiger charge is -2.32. The van der Waals surface area contributed by atoms with Gasteiger partial charge in [-0.25, -0.2) is 8.42 Å². The summed E-state index contributed by atoms with van der Waals surface area (Å²) in [5.74, 6) is -0.705. The largest absolute Gasteiger partial charge is 0.352 e. The fraction of sp³-hybridized carbons (Fsp3) is 0.440. The molecule has 0 spiro atoms. The monoisotopic (exact) mass is 505 g/mol. The molecule has 0 aliphatic heterocycles. The smallest absolute Gasteiger partial charge is 0.244 e. The molecule has 0 heterocycles. The maximum absolute atomic E-state index is 13.6. The van der Waals surface area contributed by atoms with E-state index < -0.39 is 28.5 Å². The maximum atomic E-state index is 13.6. The summed E-state index contributed by atoms with van der Waals surface area (Å²) in [4.78, 5) is 28.0. The lowest BCUT2D eigenvalue weighted by atomic mass is 10.1. The number of benzene rings is 2. The van der Waals surface area contributed by atoms with Crippen LogP contribution in [0, 0.1) is 6.92 Å². The number of carbonyl (C=O) groups is 2. The van der Waals surface area contributed by atoms with Gasteiger partial charge in [-0.05, 0) is 49.9 Å². The van der Waals surface area contributed by atoms with Crippen molar-refractivity contribution in [1.82, 2.24) is 10.2 Å². The van der Waals surface area contributed by atoms with E-state index in [1.807, 2.05) is 30.3 Å². The van der Waals surface area contributed by atoms with Gasteiger partial charge >= 0.3 is 0 Å². The second-order valence-electron chi connectivity index (χ2n) is 8.83. The molecule has 1 aliphatic rings. The van der Waals surface area contributed by atoms with Crippen molar-refractivity contribution in [2.75, 3.05) is 17.1 Å². The predicted octanol–water partition coefficient (Wildman–Crippen LogP) is 3.89. The zero-order valence-corrected chi connectivity index (χ0v) is 21.4. The van der Waals surface area contributed by atoms with Crippen molar-refractivity contribution in [3.8, 4) is 0 Å². The van der Waals surface area contributed by atoms with Crippen LogP contribution in [0.3, 0.4) is 0 Å². The zero-order valence-electron chi connectivity index (χ0n) is 19.8. The molecule has 1 atom stereocenters. The minimum absolute atomic E-state index is 0.116. The van der Waals surface area contributed by atoms with Gasteiger partial charge in [0.05, 0.1) is 11.9 Å². The molecule has 1 saturated carbocycles. The molecule has 0 unspecified atom stereocenters. The van der Waals surface area contributed by atoms with Crippen molar-refractivity contribution in [2.45, 2.75) is 58.2 Å². The van der Waals surface area contributed by atoms with Gasteiger partial charge in [0.1, 0.15) is 12.6 Å². The fourth-order valence-electron chi connectivity index (χ4n) is 4.22. The number of hydrogen-bond donors (Lipinski definition) is 1. The molecule has 2 amide bonds. The first-order chi connectivity index (χ1) is 16.1. The predicted molar refractivity (Wildman–Crippen MR) is 135 cm³/mol. The Labute approximate surface area is 207 Å². The first-order valence-electron chi connectivity index (χ1n) is 11.4. The highest BCUT2D eigenvalue weighted by atomic mass is 35.5. The summed E-state index contributed by atoms with van der Waals surface area (Å²) >= 11 is 6.22. The molecule has 184 valence electrons. The summed E-state index contributed by atoms with van der Waals surface area (Å²) in [5, 5.41) is 3.46. The number of anilines is 1. The van der Waals surface area contributed by atoms with Crippen LogP contribution in [0.5, 0.6) is 0 Å². The Morgan fingerprint density at radius 1 is 1.09 bits per heavy atom. The number of rotatable bonds is 9. The van der Waals surface area contributed by atoms with E-state index in [9.17, 15) is 18.0 Å². The average molecular weight is 506 g/mol. The standard InChI is InChI=1S/C25H32ClN3O4S/c1-18-22(26)14-9-15-23(18)29(34(3,32)33)17-24(30)28(16-20-10-5-4-6-11-20)19(2)25(31)27-21-12-7-8-13-21/h4-6,9-11,14-15,19,21H,7-8,12-13,16-17H2,1-3H3,(H,27,31)/t19-/m1/s1. The van der Waals surface area contributed by atoms with E-state index in [4.69, 9.17) is 11.6 Å². The Kier molecular flexibility index (Phi) is 8.60. The fourth-order valence-corrected chi connectivity index (χ4v) is 5.29. The summed E-state index contributed by atoms with van der Waals surface area (Å²) in [5.41, 5.74) is 1.75. The molecule has 1 fully saturated rings. The Morgan fingerprint density at radius 2 is 1.74 bits per heavy atom. The van der Waals surface area contributed by atoms with Gasteiger partial charge in [0, 0.05) is 17.6 Å². The quantitative estimate of drug-likeness (QED) is 0.560. The summed E-state index contributed by atoms with van der Waals surface area (Å²) in [6, 6.07) is 13.6. The van der Waals surface area contributed by atoms with Crippen LogP contribution >= 0.6 is 11.6 Å². The summed E-state index contributed by atoms with van der Waals surface area (Å²) in [6.45, 7) is 3.14. The van der Waals surface area contributed by atoms with Gasteiger partial charge in [-0.15, -0.1) is 0 Å². The van der Waals surface area contributed by atoms with Crippen molar-refractivity contribution in [3.63, 3.8) is 0 Å². The Morgan fingerprint density at radius 3 is 2.35 bits per heavy atom. The van der Waals surface area contributed by atoms with E-state index in [-0.39, 0.29) is 18.5 Å². The van der Waals surface area contributed by atoms with Crippen LogP contribution in [0.4, 0.5) is 5.69 Å². The third-order valence-corrected chi connectivity index (χ3v) is 7.79. The third-order valence-electron chi connectivity index (χ3n) is 6.25. The van der Waals surface area contributed by atoms with Crippen LogP contribution in [0.25, 0.3) is 0 Å². The third kappa shape index (κ3) is 6.51. The zero-order chi connectivity index (χ0) is 24.9. The Balaban J connectivity index is 1.89. The maximum Gasteiger partial charge on any atom is 0.244 e. The molecule has 0 saturated heterocycles. The molecule has 3 rings (SSSR count). The number of hydrogen-bond acceptors (Lipinski definition) is 4. The second-order valence-corrected chi connectivity index (χ2v) is 11.1. The molecule has 1 aliphatic carbocycles. The van der Waals surface area contributed by atoms with Crippen molar-refractivity contribution >= 4 is 39.1 Å². The highest BCUT2D eigenvalue weighted by Crippen LogP contribution is 2.28. The number of halogens is 1. The van der Waals surface area contributed by atoms with Gasteiger partial charge in [0.2, 0.25) is 21.8 Å². The average Bonchev–Trinajstić information content (AvgIpc) is 3.30. The first kappa shape index (κ1) is 26.0. The lowest BCUT2D eigenvalue weighted by molar-refractivity contribution is -0.139. The number of amides is 2. The van der Waals surface area contributed by atoms with E-state index in [1.54, 1.807) is 32.0 Å². The van der Waals surface area contributed by atoms with Crippen LogP contribution in [-0.2, 0) is 26.2 Å². The normalized spacial score (nSPS) is 15.1. The summed E-state index contributed by atoms with van der Waals surface area (Å²) in [7, 11) is -3.80. The first-order valence-corrected chi connectivity index (χ1v) is 13.7. The Bertz CT molecular complexity index is 1120. The molecule has 34 heavy (non-hydrogen) atoms. The van der Waals surface area contributed by atoms with Crippen molar-refractivity contribution in [2.24, 2.45) is 0 Å². The minimum Gasteiger partial charge on any atom is -0.352 e. The molecule has 0 radical (unpaired) electrons. The molecule has 9 heteroatoms. The lowest BCUT2D eigenvalue weighted by Crippen LogP contribution is -2.52. The van der Waals surface area contributed by atoms with Crippen LogP contribution in [0.15, 0.2) is 48.5 Å². The van der Waals surface area contributed by atoms with E-state index in [0.717, 1.165) is 41.8 Å². The molecule has 2 aromatic rings. The van der Waals surface area contributed by atoms with E-state index >= 15 is 0 Å². The Hall–Kier alpha value is -2.58. The van der Waals surface area contributed by atoms with Crippen LogP contribution in [0.2, 0.25) is 5.02 Å². The van der Waals surface area contributed by atoms with Crippen LogP contribution < -0.4 is 9.62 Å². The number of nitrogens with zero attached hydrogens (tertiary/aromatic N) is 2.